The lowest BCUT2D eigenvalue weighted by molar-refractivity contribution is -0.135. The van der Waals surface area contributed by atoms with Gasteiger partial charge in [-0.25, -0.2) is 4.79 Å². The molecule has 158 valence electrons. The van der Waals surface area contributed by atoms with Crippen molar-refractivity contribution in [1.29, 1.82) is 0 Å². The summed E-state index contributed by atoms with van der Waals surface area (Å²) < 4.78 is 5.17. The van der Waals surface area contributed by atoms with Gasteiger partial charge in [0.1, 0.15) is 17.8 Å². The molecule has 1 aliphatic carbocycles. The van der Waals surface area contributed by atoms with Crippen LogP contribution in [0.1, 0.15) is 52.0 Å². The summed E-state index contributed by atoms with van der Waals surface area (Å²) in [5.41, 5.74) is -0.479. The molecule has 0 bridgehead atoms. The predicted molar refractivity (Wildman–Crippen MR) is 109 cm³/mol. The van der Waals surface area contributed by atoms with Crippen molar-refractivity contribution in [3.05, 3.63) is 29.8 Å². The molecule has 1 aromatic rings. The summed E-state index contributed by atoms with van der Waals surface area (Å²) in [6.45, 7) is 5.93. The van der Waals surface area contributed by atoms with E-state index in [0.29, 0.717) is 29.6 Å². The molecule has 0 unspecified atom stereocenters. The Balaban J connectivity index is 1.72. The number of benzene rings is 1. The van der Waals surface area contributed by atoms with Gasteiger partial charge in [-0.1, -0.05) is 45.7 Å². The third-order valence-electron chi connectivity index (χ3n) is 6.64. The molecule has 7 nitrogen and oxygen atoms in total. The summed E-state index contributed by atoms with van der Waals surface area (Å²) in [5, 5.41) is 5.85. The maximum absolute atomic E-state index is 13.2. The van der Waals surface area contributed by atoms with E-state index >= 15 is 0 Å². The minimum atomic E-state index is -1.16. The molecule has 0 radical (unpaired) electrons. The molecule has 7 heteroatoms. The fourth-order valence-electron chi connectivity index (χ4n) is 4.47. The molecule has 3 rings (SSSR count). The second-order valence-corrected chi connectivity index (χ2v) is 8.25. The molecule has 1 heterocycles. The van der Waals surface area contributed by atoms with Crippen molar-refractivity contribution in [2.24, 2.45) is 11.8 Å². The topological polar surface area (TPSA) is 87.7 Å². The summed E-state index contributed by atoms with van der Waals surface area (Å²) in [6.07, 6.45) is 3.57. The van der Waals surface area contributed by atoms with Gasteiger partial charge in [-0.15, -0.1) is 0 Å². The van der Waals surface area contributed by atoms with E-state index in [1.165, 1.54) is 6.42 Å². The normalized spacial score (nSPS) is 29.5. The SMILES string of the molecule is CC[C@]1(c2ccc(OC)cc2)NC(=O)N(CC(=O)N[C@@H]2CCC[C@H](C)[C@@H]2C)C1=O. The molecule has 0 spiro atoms. The van der Waals surface area contributed by atoms with Crippen LogP contribution in [-0.4, -0.2) is 42.4 Å². The highest BCUT2D eigenvalue weighted by atomic mass is 16.5. The molecule has 2 fully saturated rings. The molecule has 4 amide bonds. The Labute approximate surface area is 172 Å². The van der Waals surface area contributed by atoms with Crippen LogP contribution >= 0.6 is 0 Å². The van der Waals surface area contributed by atoms with E-state index in [1.807, 2.05) is 6.92 Å². The van der Waals surface area contributed by atoms with Crippen LogP contribution in [-0.2, 0) is 15.1 Å². The molecular formula is C22H31N3O4. The van der Waals surface area contributed by atoms with Gasteiger partial charge in [0.15, 0.2) is 0 Å². The number of ether oxygens (including phenoxy) is 1. The lowest BCUT2D eigenvalue weighted by atomic mass is 9.78. The lowest BCUT2D eigenvalue weighted by Crippen LogP contribution is -2.49. The number of imide groups is 1. The van der Waals surface area contributed by atoms with E-state index in [0.717, 1.165) is 17.7 Å². The summed E-state index contributed by atoms with van der Waals surface area (Å²) >= 11 is 0. The van der Waals surface area contributed by atoms with Crippen LogP contribution in [0.15, 0.2) is 24.3 Å². The van der Waals surface area contributed by atoms with E-state index < -0.39 is 17.5 Å². The van der Waals surface area contributed by atoms with Crippen molar-refractivity contribution >= 4 is 17.8 Å². The van der Waals surface area contributed by atoms with Crippen molar-refractivity contribution in [2.45, 2.75) is 58.0 Å². The molecule has 0 aromatic heterocycles. The Morgan fingerprint density at radius 3 is 2.55 bits per heavy atom. The van der Waals surface area contributed by atoms with E-state index in [2.05, 4.69) is 24.5 Å². The lowest BCUT2D eigenvalue weighted by Gasteiger charge is -2.34. The molecule has 2 N–H and O–H groups in total. The maximum atomic E-state index is 13.2. The minimum Gasteiger partial charge on any atom is -0.497 e. The number of carbonyl (C=O) groups is 3. The number of amides is 4. The third-order valence-corrected chi connectivity index (χ3v) is 6.64. The van der Waals surface area contributed by atoms with E-state index in [1.54, 1.807) is 31.4 Å². The maximum Gasteiger partial charge on any atom is 0.325 e. The molecule has 1 aliphatic heterocycles. The number of nitrogens with one attached hydrogen (secondary N) is 2. The highest BCUT2D eigenvalue weighted by molar-refractivity contribution is 6.09. The Kier molecular flexibility index (Phi) is 6.15. The van der Waals surface area contributed by atoms with Crippen molar-refractivity contribution in [1.82, 2.24) is 15.5 Å². The first-order valence-electron chi connectivity index (χ1n) is 10.4. The van der Waals surface area contributed by atoms with Gasteiger partial charge in [-0.2, -0.15) is 0 Å². The average molecular weight is 402 g/mol. The van der Waals surface area contributed by atoms with Crippen LogP contribution in [0.4, 0.5) is 4.79 Å². The van der Waals surface area contributed by atoms with E-state index in [9.17, 15) is 14.4 Å². The zero-order valence-electron chi connectivity index (χ0n) is 17.7. The molecular weight excluding hydrogens is 370 g/mol. The van der Waals surface area contributed by atoms with Gasteiger partial charge in [0.05, 0.1) is 7.11 Å². The monoisotopic (exact) mass is 401 g/mol. The van der Waals surface area contributed by atoms with Crippen molar-refractivity contribution in [3.63, 3.8) is 0 Å². The first-order chi connectivity index (χ1) is 13.8. The van der Waals surface area contributed by atoms with Crippen molar-refractivity contribution in [2.75, 3.05) is 13.7 Å². The van der Waals surface area contributed by atoms with E-state index in [-0.39, 0.29) is 18.5 Å². The number of nitrogens with zero attached hydrogens (tertiary/aromatic N) is 1. The smallest absolute Gasteiger partial charge is 0.325 e. The van der Waals surface area contributed by atoms with Gasteiger partial charge in [0.25, 0.3) is 5.91 Å². The largest absolute Gasteiger partial charge is 0.497 e. The van der Waals surface area contributed by atoms with Crippen LogP contribution < -0.4 is 15.4 Å². The number of carbonyl (C=O) groups excluding carboxylic acids is 3. The minimum absolute atomic E-state index is 0.0875. The Morgan fingerprint density at radius 1 is 1.24 bits per heavy atom. The van der Waals surface area contributed by atoms with Crippen LogP contribution in [0, 0.1) is 11.8 Å². The molecule has 4 atom stereocenters. The highest BCUT2D eigenvalue weighted by Crippen LogP contribution is 2.33. The average Bonchev–Trinajstić information content (AvgIpc) is 2.96. The molecule has 1 saturated heterocycles. The second kappa shape index (κ2) is 8.43. The quantitative estimate of drug-likeness (QED) is 0.718. The Bertz CT molecular complexity index is 779. The standard InChI is InChI=1S/C22H31N3O4/c1-5-22(16-9-11-17(29-4)12-10-16)20(27)25(21(28)24-22)13-19(26)23-18-8-6-7-14(2)15(18)3/h9-12,14-15,18H,5-8,13H2,1-4H3,(H,23,26)(H,24,28)/t14-,15-,18+,22+/m0/s1. The summed E-state index contributed by atoms with van der Waals surface area (Å²) in [6, 6.07) is 6.61. The molecule has 29 heavy (non-hydrogen) atoms. The highest BCUT2D eigenvalue weighted by Gasteiger charge is 2.51. The van der Waals surface area contributed by atoms with E-state index in [4.69, 9.17) is 4.74 Å². The number of hydrogen-bond acceptors (Lipinski definition) is 4. The fourth-order valence-corrected chi connectivity index (χ4v) is 4.47. The van der Waals surface area contributed by atoms with Crippen molar-refractivity contribution in [3.8, 4) is 5.75 Å². The Morgan fingerprint density at radius 2 is 1.93 bits per heavy atom. The summed E-state index contributed by atoms with van der Waals surface area (Å²) in [5.74, 6) is 0.915. The summed E-state index contributed by atoms with van der Waals surface area (Å²) in [7, 11) is 1.57. The third kappa shape index (κ3) is 3.95. The van der Waals surface area contributed by atoms with Gasteiger partial charge in [-0.05, 0) is 42.4 Å². The zero-order valence-corrected chi connectivity index (χ0v) is 17.7. The first-order valence-corrected chi connectivity index (χ1v) is 10.4. The van der Waals surface area contributed by atoms with Gasteiger partial charge in [0.2, 0.25) is 5.91 Å². The van der Waals surface area contributed by atoms with Crippen LogP contribution in [0.3, 0.4) is 0 Å². The van der Waals surface area contributed by atoms with Gasteiger partial charge in [-0.3, -0.25) is 14.5 Å². The predicted octanol–water partition coefficient (Wildman–Crippen LogP) is 2.79. The first kappa shape index (κ1) is 21.1. The van der Waals surface area contributed by atoms with Crippen LogP contribution in [0.25, 0.3) is 0 Å². The second-order valence-electron chi connectivity index (χ2n) is 8.25. The van der Waals surface area contributed by atoms with Gasteiger partial charge < -0.3 is 15.4 Å². The number of hydrogen-bond donors (Lipinski definition) is 2. The van der Waals surface area contributed by atoms with Crippen LogP contribution in [0.5, 0.6) is 5.75 Å². The molecule has 1 aromatic carbocycles. The summed E-state index contributed by atoms with van der Waals surface area (Å²) in [4.78, 5) is 39.4. The van der Waals surface area contributed by atoms with Gasteiger partial charge in [0, 0.05) is 6.04 Å². The molecule has 2 aliphatic rings. The van der Waals surface area contributed by atoms with Crippen LogP contribution in [0.2, 0.25) is 0 Å². The number of urea groups is 1. The number of rotatable bonds is 6. The zero-order chi connectivity index (χ0) is 21.2. The molecule has 1 saturated carbocycles. The fraction of sp³-hybridized carbons (Fsp3) is 0.591. The number of methoxy groups -OCH3 is 1. The van der Waals surface area contributed by atoms with Crippen molar-refractivity contribution < 1.29 is 19.1 Å². The van der Waals surface area contributed by atoms with Gasteiger partial charge >= 0.3 is 6.03 Å². The Hall–Kier alpha value is -2.57.